The van der Waals surface area contributed by atoms with Crippen LogP contribution in [0, 0.1) is 5.41 Å². The summed E-state index contributed by atoms with van der Waals surface area (Å²) in [6, 6.07) is 7.03. The van der Waals surface area contributed by atoms with Gasteiger partial charge in [-0.3, -0.25) is 0 Å². The fourth-order valence-electron chi connectivity index (χ4n) is 2.74. The molecule has 1 aliphatic carbocycles. The van der Waals surface area contributed by atoms with Crippen LogP contribution in [0.25, 0.3) is 0 Å². The monoisotopic (exact) mass is 359 g/mol. The predicted octanol–water partition coefficient (Wildman–Crippen LogP) is 4.04. The van der Waals surface area contributed by atoms with E-state index in [1.54, 1.807) is 29.6 Å². The zero-order valence-corrected chi connectivity index (χ0v) is 14.7. The summed E-state index contributed by atoms with van der Waals surface area (Å²) in [6.07, 6.45) is 4.04. The van der Waals surface area contributed by atoms with Gasteiger partial charge in [-0.15, -0.1) is 0 Å². The maximum absolute atomic E-state index is 12.7. The second-order valence-corrected chi connectivity index (χ2v) is 9.29. The molecule has 0 atom stereocenters. The third-order valence-corrected chi connectivity index (χ3v) is 6.70. The summed E-state index contributed by atoms with van der Waals surface area (Å²) in [5, 5.41) is 0. The molecule has 0 aliphatic heterocycles. The number of halogens is 1. The normalized spacial score (nSPS) is 20.2. The van der Waals surface area contributed by atoms with Gasteiger partial charge in [0.1, 0.15) is 0 Å². The standard InChI is InChI=1S/C15H22BrNO2S/c1-15(2)9-7-13(8-10-15)17(3)20(18,19)14-6-4-5-12(16)11-14/h4-6,11,13H,7-10H2,1-3H3. The Morgan fingerprint density at radius 1 is 1.25 bits per heavy atom. The zero-order valence-electron chi connectivity index (χ0n) is 12.3. The first-order valence-corrected chi connectivity index (χ1v) is 9.19. The molecule has 112 valence electrons. The molecule has 0 aromatic heterocycles. The third kappa shape index (κ3) is 3.43. The van der Waals surface area contributed by atoms with Crippen LogP contribution in [-0.4, -0.2) is 25.8 Å². The Kier molecular flexibility index (Phi) is 4.62. The first kappa shape index (κ1) is 16.0. The number of benzene rings is 1. The van der Waals surface area contributed by atoms with Crippen LogP contribution in [-0.2, 0) is 10.0 Å². The lowest BCUT2D eigenvalue weighted by Gasteiger charge is -2.38. The van der Waals surface area contributed by atoms with Gasteiger partial charge in [-0.1, -0.05) is 35.8 Å². The van der Waals surface area contributed by atoms with E-state index in [9.17, 15) is 8.42 Å². The number of hydrogen-bond acceptors (Lipinski definition) is 2. The minimum Gasteiger partial charge on any atom is -0.207 e. The van der Waals surface area contributed by atoms with Gasteiger partial charge < -0.3 is 0 Å². The van der Waals surface area contributed by atoms with E-state index in [2.05, 4.69) is 29.8 Å². The second kappa shape index (κ2) is 5.78. The molecular weight excluding hydrogens is 338 g/mol. The summed E-state index contributed by atoms with van der Waals surface area (Å²) in [6.45, 7) is 4.51. The van der Waals surface area contributed by atoms with Crippen molar-refractivity contribution in [2.75, 3.05) is 7.05 Å². The van der Waals surface area contributed by atoms with E-state index in [1.807, 2.05) is 6.07 Å². The van der Waals surface area contributed by atoms with E-state index in [1.165, 1.54) is 0 Å². The van der Waals surface area contributed by atoms with E-state index < -0.39 is 10.0 Å². The Balaban J connectivity index is 2.18. The van der Waals surface area contributed by atoms with Crippen LogP contribution in [0.15, 0.2) is 33.6 Å². The van der Waals surface area contributed by atoms with Gasteiger partial charge in [0.25, 0.3) is 0 Å². The second-order valence-electron chi connectivity index (χ2n) is 6.37. The fourth-order valence-corrected chi connectivity index (χ4v) is 4.75. The minimum absolute atomic E-state index is 0.118. The summed E-state index contributed by atoms with van der Waals surface area (Å²) in [5.41, 5.74) is 0.344. The van der Waals surface area contributed by atoms with Gasteiger partial charge in [0.2, 0.25) is 10.0 Å². The Hall–Kier alpha value is -0.390. The molecule has 1 fully saturated rings. The van der Waals surface area contributed by atoms with Gasteiger partial charge in [-0.2, -0.15) is 4.31 Å². The number of nitrogens with zero attached hydrogens (tertiary/aromatic N) is 1. The molecule has 1 aromatic carbocycles. The Morgan fingerprint density at radius 2 is 1.85 bits per heavy atom. The van der Waals surface area contributed by atoms with Crippen LogP contribution >= 0.6 is 15.9 Å². The van der Waals surface area contributed by atoms with Gasteiger partial charge in [0.15, 0.2) is 0 Å². The lowest BCUT2D eigenvalue weighted by Crippen LogP contribution is -2.40. The molecule has 5 heteroatoms. The Bertz CT molecular complexity index is 573. The van der Waals surface area contributed by atoms with Gasteiger partial charge in [0, 0.05) is 17.6 Å². The van der Waals surface area contributed by atoms with Crippen molar-refractivity contribution in [2.24, 2.45) is 5.41 Å². The number of hydrogen-bond donors (Lipinski definition) is 0. The van der Waals surface area contributed by atoms with E-state index in [0.29, 0.717) is 10.3 Å². The molecule has 0 bridgehead atoms. The van der Waals surface area contributed by atoms with Crippen molar-refractivity contribution in [1.29, 1.82) is 0 Å². The van der Waals surface area contributed by atoms with Gasteiger partial charge in [-0.25, -0.2) is 8.42 Å². The summed E-state index contributed by atoms with van der Waals surface area (Å²) < 4.78 is 27.6. The first-order valence-electron chi connectivity index (χ1n) is 6.96. The van der Waals surface area contributed by atoms with E-state index in [0.717, 1.165) is 30.2 Å². The van der Waals surface area contributed by atoms with Crippen molar-refractivity contribution in [3.8, 4) is 0 Å². The van der Waals surface area contributed by atoms with Crippen LogP contribution < -0.4 is 0 Å². The molecule has 0 amide bonds. The molecule has 0 saturated heterocycles. The maximum atomic E-state index is 12.7. The van der Waals surface area contributed by atoms with Crippen LogP contribution in [0.1, 0.15) is 39.5 Å². The molecule has 0 spiro atoms. The minimum atomic E-state index is -3.40. The summed E-state index contributed by atoms with van der Waals surface area (Å²) in [4.78, 5) is 0.360. The highest BCUT2D eigenvalue weighted by Crippen LogP contribution is 2.37. The van der Waals surface area contributed by atoms with Crippen molar-refractivity contribution in [1.82, 2.24) is 4.31 Å². The van der Waals surface area contributed by atoms with Crippen molar-refractivity contribution in [2.45, 2.75) is 50.5 Å². The van der Waals surface area contributed by atoms with Crippen molar-refractivity contribution in [3.05, 3.63) is 28.7 Å². The van der Waals surface area contributed by atoms with Gasteiger partial charge in [0.05, 0.1) is 4.90 Å². The molecule has 0 N–H and O–H groups in total. The fraction of sp³-hybridized carbons (Fsp3) is 0.600. The molecule has 3 nitrogen and oxygen atoms in total. The molecule has 0 unspecified atom stereocenters. The van der Waals surface area contributed by atoms with E-state index in [-0.39, 0.29) is 6.04 Å². The molecule has 1 saturated carbocycles. The zero-order chi connectivity index (χ0) is 15.0. The Morgan fingerprint density at radius 3 is 2.40 bits per heavy atom. The van der Waals surface area contributed by atoms with Crippen LogP contribution in [0.4, 0.5) is 0 Å². The molecule has 1 aromatic rings. The van der Waals surface area contributed by atoms with Crippen LogP contribution in [0.5, 0.6) is 0 Å². The lowest BCUT2D eigenvalue weighted by molar-refractivity contribution is 0.174. The van der Waals surface area contributed by atoms with Crippen molar-refractivity contribution < 1.29 is 8.42 Å². The highest BCUT2D eigenvalue weighted by Gasteiger charge is 2.34. The third-order valence-electron chi connectivity index (χ3n) is 4.30. The summed E-state index contributed by atoms with van der Waals surface area (Å²) >= 11 is 3.33. The average molecular weight is 360 g/mol. The first-order chi connectivity index (χ1) is 9.22. The van der Waals surface area contributed by atoms with Gasteiger partial charge >= 0.3 is 0 Å². The molecule has 20 heavy (non-hydrogen) atoms. The maximum Gasteiger partial charge on any atom is 0.243 e. The highest BCUT2D eigenvalue weighted by atomic mass is 79.9. The summed E-state index contributed by atoms with van der Waals surface area (Å²) in [5.74, 6) is 0. The summed E-state index contributed by atoms with van der Waals surface area (Å²) in [7, 11) is -1.69. The quantitative estimate of drug-likeness (QED) is 0.816. The highest BCUT2D eigenvalue weighted by molar-refractivity contribution is 9.10. The largest absolute Gasteiger partial charge is 0.243 e. The smallest absolute Gasteiger partial charge is 0.207 e. The van der Waals surface area contributed by atoms with Crippen LogP contribution in [0.3, 0.4) is 0 Å². The van der Waals surface area contributed by atoms with Crippen molar-refractivity contribution in [3.63, 3.8) is 0 Å². The topological polar surface area (TPSA) is 37.4 Å². The number of sulfonamides is 1. The molecular formula is C15H22BrNO2S. The SMILES string of the molecule is CN(C1CCC(C)(C)CC1)S(=O)(=O)c1cccc(Br)c1. The lowest BCUT2D eigenvalue weighted by atomic mass is 9.76. The molecule has 0 radical (unpaired) electrons. The predicted molar refractivity (Wildman–Crippen MR) is 85.1 cm³/mol. The molecule has 0 heterocycles. The van der Waals surface area contributed by atoms with Crippen LogP contribution in [0.2, 0.25) is 0 Å². The molecule has 2 rings (SSSR count). The molecule has 1 aliphatic rings. The van der Waals surface area contributed by atoms with Gasteiger partial charge in [-0.05, 0) is 49.3 Å². The Labute approximate surface area is 130 Å². The van der Waals surface area contributed by atoms with Crippen molar-refractivity contribution >= 4 is 26.0 Å². The van der Waals surface area contributed by atoms with E-state index >= 15 is 0 Å². The average Bonchev–Trinajstić information content (AvgIpc) is 2.38. The van der Waals surface area contributed by atoms with E-state index in [4.69, 9.17) is 0 Å². The number of rotatable bonds is 3.